The number of carbonyl (C=O) groups excluding carboxylic acids is 1. The molecule has 0 bridgehead atoms. The van der Waals surface area contributed by atoms with Crippen LogP contribution in [0.3, 0.4) is 0 Å². The van der Waals surface area contributed by atoms with Crippen molar-refractivity contribution in [3.05, 3.63) is 82.1 Å². The molecule has 166 valence electrons. The first-order valence-electron chi connectivity index (χ1n) is 10.8. The summed E-state index contributed by atoms with van der Waals surface area (Å²) in [4.78, 5) is 21.4. The minimum absolute atomic E-state index is 0.221. The number of para-hydroxylation sites is 1. The molecule has 0 spiro atoms. The fraction of sp³-hybridized carbons (Fsp3) is 0.200. The van der Waals surface area contributed by atoms with Gasteiger partial charge >= 0.3 is 0 Å². The van der Waals surface area contributed by atoms with Gasteiger partial charge in [-0.05, 0) is 56.2 Å². The summed E-state index contributed by atoms with van der Waals surface area (Å²) in [6.07, 6.45) is 5.60. The van der Waals surface area contributed by atoms with Gasteiger partial charge < -0.3 is 10.1 Å². The number of aryl methyl sites for hydroxylation is 1. The zero-order valence-electron chi connectivity index (χ0n) is 18.1. The second-order valence-corrected chi connectivity index (χ2v) is 8.97. The number of amides is 1. The third kappa shape index (κ3) is 5.35. The van der Waals surface area contributed by atoms with Crippen LogP contribution in [0.2, 0.25) is 0 Å². The summed E-state index contributed by atoms with van der Waals surface area (Å²) in [5, 5.41) is 13.2. The lowest BCUT2D eigenvalue weighted by atomic mass is 10.1. The summed E-state index contributed by atoms with van der Waals surface area (Å²) in [5.74, 6) is 2.65. The number of aromatic nitrogens is 4. The summed E-state index contributed by atoms with van der Waals surface area (Å²) < 4.78 is 5.91. The van der Waals surface area contributed by atoms with Crippen LogP contribution in [-0.2, 0) is 11.4 Å². The molecule has 1 amide bonds. The second kappa shape index (κ2) is 9.38. The summed E-state index contributed by atoms with van der Waals surface area (Å²) in [7, 11) is 0. The lowest BCUT2D eigenvalue weighted by Gasteiger charge is -2.08. The summed E-state index contributed by atoms with van der Waals surface area (Å²) in [5.41, 5.74) is 3.33. The molecular weight excluding hydrogens is 434 g/mol. The second-order valence-electron chi connectivity index (χ2n) is 7.90. The summed E-state index contributed by atoms with van der Waals surface area (Å²) in [6.45, 7) is 2.36. The number of thiazole rings is 1. The Labute approximate surface area is 195 Å². The molecule has 2 aromatic carbocycles. The van der Waals surface area contributed by atoms with Crippen LogP contribution in [0.1, 0.15) is 40.8 Å². The zero-order valence-corrected chi connectivity index (χ0v) is 18.9. The van der Waals surface area contributed by atoms with Gasteiger partial charge in [-0.1, -0.05) is 18.2 Å². The van der Waals surface area contributed by atoms with E-state index in [0.717, 1.165) is 27.7 Å². The van der Waals surface area contributed by atoms with Crippen LogP contribution < -0.4 is 10.1 Å². The van der Waals surface area contributed by atoms with Crippen LogP contribution in [0.5, 0.6) is 5.75 Å². The van der Waals surface area contributed by atoms with Crippen LogP contribution in [0.4, 0.5) is 5.69 Å². The maximum Gasteiger partial charge on any atom is 0.248 e. The number of hydrogen-bond acceptors (Lipinski definition) is 6. The van der Waals surface area contributed by atoms with Crippen molar-refractivity contribution in [2.75, 3.05) is 5.32 Å². The Balaban J connectivity index is 1.19. The standard InChI is InChI=1S/C25H23N5O2S/c1-16-26-21(15-33-16)14-32-22-5-3-2-4-17(22)10-13-23(31)27-20-11-8-19(9-12-20)25-28-24(29-30-25)18-6-7-18/h2-5,8-13,15,18H,6-7,14H2,1H3,(H,27,31)(H,28,29,30)/b13-10+. The largest absolute Gasteiger partial charge is 0.487 e. The average molecular weight is 458 g/mol. The first-order valence-corrected chi connectivity index (χ1v) is 11.7. The van der Waals surface area contributed by atoms with E-state index in [0.29, 0.717) is 29.8 Å². The number of rotatable bonds is 8. The van der Waals surface area contributed by atoms with Gasteiger partial charge in [0, 0.05) is 34.2 Å². The van der Waals surface area contributed by atoms with Gasteiger partial charge in [0.15, 0.2) is 5.82 Å². The third-order valence-electron chi connectivity index (χ3n) is 5.25. The Hall–Kier alpha value is -3.78. The van der Waals surface area contributed by atoms with E-state index in [2.05, 4.69) is 25.5 Å². The zero-order chi connectivity index (χ0) is 22.6. The normalized spacial score (nSPS) is 13.4. The van der Waals surface area contributed by atoms with E-state index in [1.807, 2.05) is 60.8 Å². The Morgan fingerprint density at radius 2 is 2.00 bits per heavy atom. The Bertz CT molecular complexity index is 1290. The lowest BCUT2D eigenvalue weighted by Crippen LogP contribution is -2.07. The average Bonchev–Trinajstić information content (AvgIpc) is 3.41. The lowest BCUT2D eigenvalue weighted by molar-refractivity contribution is -0.111. The number of nitrogens with one attached hydrogen (secondary N) is 2. The van der Waals surface area contributed by atoms with Crippen molar-refractivity contribution in [2.45, 2.75) is 32.3 Å². The van der Waals surface area contributed by atoms with Crippen molar-refractivity contribution < 1.29 is 9.53 Å². The van der Waals surface area contributed by atoms with Crippen molar-refractivity contribution in [3.8, 4) is 17.1 Å². The predicted octanol–water partition coefficient (Wildman–Crippen LogP) is 5.34. The van der Waals surface area contributed by atoms with Gasteiger partial charge in [0.2, 0.25) is 5.91 Å². The van der Waals surface area contributed by atoms with Crippen LogP contribution in [-0.4, -0.2) is 26.1 Å². The SMILES string of the molecule is Cc1nc(COc2ccccc2/C=C/C(=O)Nc2ccc(-c3n[nH]c(C4CC4)n3)cc2)cs1. The minimum atomic E-state index is -0.221. The molecule has 7 nitrogen and oxygen atoms in total. The smallest absolute Gasteiger partial charge is 0.248 e. The molecule has 4 aromatic rings. The van der Waals surface area contributed by atoms with Crippen LogP contribution in [0, 0.1) is 6.92 Å². The molecule has 33 heavy (non-hydrogen) atoms. The molecule has 0 unspecified atom stereocenters. The van der Waals surface area contributed by atoms with E-state index in [1.165, 1.54) is 18.9 Å². The van der Waals surface area contributed by atoms with E-state index >= 15 is 0 Å². The number of carbonyl (C=O) groups is 1. The highest BCUT2D eigenvalue weighted by Gasteiger charge is 2.27. The van der Waals surface area contributed by atoms with Crippen LogP contribution in [0.15, 0.2) is 60.0 Å². The third-order valence-corrected chi connectivity index (χ3v) is 6.08. The summed E-state index contributed by atoms with van der Waals surface area (Å²) in [6, 6.07) is 15.1. The molecular formula is C25H23N5O2S. The molecule has 2 N–H and O–H groups in total. The monoisotopic (exact) mass is 457 g/mol. The molecule has 0 atom stereocenters. The molecule has 1 saturated carbocycles. The topological polar surface area (TPSA) is 92.8 Å². The van der Waals surface area contributed by atoms with Gasteiger partial charge in [0.05, 0.1) is 10.7 Å². The van der Waals surface area contributed by atoms with Crippen molar-refractivity contribution in [1.29, 1.82) is 0 Å². The predicted molar refractivity (Wildman–Crippen MR) is 129 cm³/mol. The Morgan fingerprint density at radius 3 is 2.76 bits per heavy atom. The Kier molecular flexibility index (Phi) is 5.99. The molecule has 0 saturated heterocycles. The minimum Gasteiger partial charge on any atom is -0.487 e. The van der Waals surface area contributed by atoms with Gasteiger partial charge in [-0.25, -0.2) is 9.97 Å². The fourth-order valence-electron chi connectivity index (χ4n) is 3.37. The van der Waals surface area contributed by atoms with Crippen molar-refractivity contribution in [3.63, 3.8) is 0 Å². The number of anilines is 1. The fourth-order valence-corrected chi connectivity index (χ4v) is 3.97. The number of benzene rings is 2. The van der Waals surface area contributed by atoms with E-state index in [4.69, 9.17) is 4.74 Å². The van der Waals surface area contributed by atoms with E-state index in [9.17, 15) is 4.79 Å². The highest BCUT2D eigenvalue weighted by molar-refractivity contribution is 7.09. The first-order chi connectivity index (χ1) is 16.1. The first kappa shape index (κ1) is 21.1. The quantitative estimate of drug-likeness (QED) is 0.348. The molecule has 2 heterocycles. The number of aromatic amines is 1. The van der Waals surface area contributed by atoms with Gasteiger partial charge in [0.25, 0.3) is 0 Å². The van der Waals surface area contributed by atoms with Crippen molar-refractivity contribution in [1.82, 2.24) is 20.2 Å². The molecule has 1 aliphatic rings. The molecule has 0 radical (unpaired) electrons. The summed E-state index contributed by atoms with van der Waals surface area (Å²) >= 11 is 1.60. The van der Waals surface area contributed by atoms with Crippen LogP contribution >= 0.6 is 11.3 Å². The van der Waals surface area contributed by atoms with E-state index < -0.39 is 0 Å². The van der Waals surface area contributed by atoms with Crippen molar-refractivity contribution in [2.24, 2.45) is 0 Å². The van der Waals surface area contributed by atoms with E-state index in [1.54, 1.807) is 17.4 Å². The van der Waals surface area contributed by atoms with Crippen molar-refractivity contribution >= 4 is 29.0 Å². The van der Waals surface area contributed by atoms with Gasteiger partial charge in [-0.3, -0.25) is 9.89 Å². The highest BCUT2D eigenvalue weighted by atomic mass is 32.1. The molecule has 5 rings (SSSR count). The number of ether oxygens (including phenoxy) is 1. The molecule has 2 aromatic heterocycles. The van der Waals surface area contributed by atoms with Crippen LogP contribution in [0.25, 0.3) is 17.5 Å². The number of H-pyrrole nitrogens is 1. The maximum atomic E-state index is 12.4. The van der Waals surface area contributed by atoms with E-state index in [-0.39, 0.29) is 5.91 Å². The molecule has 0 aliphatic heterocycles. The number of nitrogens with zero attached hydrogens (tertiary/aromatic N) is 3. The van der Waals surface area contributed by atoms with Gasteiger partial charge in [-0.2, -0.15) is 5.10 Å². The molecule has 1 fully saturated rings. The number of hydrogen-bond donors (Lipinski definition) is 2. The molecule has 8 heteroatoms. The van der Waals surface area contributed by atoms with Gasteiger partial charge in [-0.15, -0.1) is 11.3 Å². The van der Waals surface area contributed by atoms with Gasteiger partial charge in [0.1, 0.15) is 18.2 Å². The highest BCUT2D eigenvalue weighted by Crippen LogP contribution is 2.38. The molecule has 1 aliphatic carbocycles. The Morgan fingerprint density at radius 1 is 1.18 bits per heavy atom. The maximum absolute atomic E-state index is 12.4.